The minimum absolute atomic E-state index is 0.137. The first-order chi connectivity index (χ1) is 9.88. The van der Waals surface area contributed by atoms with E-state index in [0.717, 1.165) is 18.9 Å². The Kier molecular flexibility index (Phi) is 5.08. The Hall–Kier alpha value is -1.31. The molecule has 1 N–H and O–H groups in total. The van der Waals surface area contributed by atoms with E-state index in [1.54, 1.807) is 0 Å². The minimum atomic E-state index is -3.97. The lowest BCUT2D eigenvalue weighted by atomic mass is 10.0. The van der Waals surface area contributed by atoms with Crippen molar-refractivity contribution in [1.29, 1.82) is 0 Å². The standard InChI is InChI=1S/C13H15ClO6S/c14-21(17,18)10-1-2-12(11(7-10)13(15)16)20-8-9-3-5-19-6-4-9/h1-2,7,9H,3-6,8H2,(H,15,16). The SMILES string of the molecule is O=C(O)c1cc(S(=O)(=O)Cl)ccc1OCC1CCOCC1. The monoisotopic (exact) mass is 334 g/mol. The van der Waals surface area contributed by atoms with E-state index in [0.29, 0.717) is 25.7 Å². The van der Waals surface area contributed by atoms with E-state index in [2.05, 4.69) is 0 Å². The second-order valence-electron chi connectivity index (χ2n) is 4.77. The Morgan fingerprint density at radius 2 is 2.05 bits per heavy atom. The van der Waals surface area contributed by atoms with Crippen molar-refractivity contribution in [2.45, 2.75) is 17.7 Å². The molecule has 0 aromatic heterocycles. The van der Waals surface area contributed by atoms with Crippen LogP contribution in [0.1, 0.15) is 23.2 Å². The number of rotatable bonds is 5. The van der Waals surface area contributed by atoms with Crippen LogP contribution in [-0.4, -0.2) is 39.3 Å². The molecule has 1 aliphatic rings. The third-order valence-electron chi connectivity index (χ3n) is 3.28. The zero-order valence-electron chi connectivity index (χ0n) is 11.1. The number of ether oxygens (including phenoxy) is 2. The summed E-state index contributed by atoms with van der Waals surface area (Å²) in [4.78, 5) is 11.0. The average Bonchev–Trinajstić information content (AvgIpc) is 2.45. The molecule has 0 atom stereocenters. The molecule has 0 spiro atoms. The number of hydrogen-bond acceptors (Lipinski definition) is 5. The van der Waals surface area contributed by atoms with E-state index in [1.165, 1.54) is 12.1 Å². The lowest BCUT2D eigenvalue weighted by Gasteiger charge is -2.22. The first-order valence-corrected chi connectivity index (χ1v) is 8.71. The second-order valence-corrected chi connectivity index (χ2v) is 7.33. The van der Waals surface area contributed by atoms with Crippen molar-refractivity contribution in [3.8, 4) is 5.75 Å². The summed E-state index contributed by atoms with van der Waals surface area (Å²) in [5.41, 5.74) is -0.219. The molecule has 6 nitrogen and oxygen atoms in total. The number of carboxylic acids is 1. The fraction of sp³-hybridized carbons (Fsp3) is 0.462. The Morgan fingerprint density at radius 3 is 2.62 bits per heavy atom. The molecule has 0 bridgehead atoms. The lowest BCUT2D eigenvalue weighted by molar-refractivity contribution is 0.0490. The summed E-state index contributed by atoms with van der Waals surface area (Å²) in [5, 5.41) is 9.15. The van der Waals surface area contributed by atoms with Crippen molar-refractivity contribution < 1.29 is 27.8 Å². The van der Waals surface area contributed by atoms with Gasteiger partial charge < -0.3 is 14.6 Å². The molecule has 1 saturated heterocycles. The Labute approximate surface area is 127 Å². The third kappa shape index (κ3) is 4.33. The van der Waals surface area contributed by atoms with Crippen LogP contribution in [0.4, 0.5) is 0 Å². The summed E-state index contributed by atoms with van der Waals surface area (Å²) < 4.78 is 33.3. The van der Waals surface area contributed by atoms with E-state index in [-0.39, 0.29) is 16.2 Å². The number of aromatic carboxylic acids is 1. The highest BCUT2D eigenvalue weighted by Gasteiger charge is 2.20. The predicted molar refractivity (Wildman–Crippen MR) is 75.5 cm³/mol. The van der Waals surface area contributed by atoms with E-state index in [1.807, 2.05) is 0 Å². The molecule has 21 heavy (non-hydrogen) atoms. The fourth-order valence-electron chi connectivity index (χ4n) is 2.07. The van der Waals surface area contributed by atoms with Gasteiger partial charge in [-0.2, -0.15) is 0 Å². The number of carboxylic acid groups (broad SMARTS) is 1. The number of halogens is 1. The highest BCUT2D eigenvalue weighted by Crippen LogP contribution is 2.26. The Morgan fingerprint density at radius 1 is 1.38 bits per heavy atom. The molecule has 2 rings (SSSR count). The van der Waals surface area contributed by atoms with E-state index >= 15 is 0 Å². The largest absolute Gasteiger partial charge is 0.492 e. The van der Waals surface area contributed by atoms with Crippen LogP contribution in [0, 0.1) is 5.92 Å². The van der Waals surface area contributed by atoms with Crippen molar-refractivity contribution in [1.82, 2.24) is 0 Å². The van der Waals surface area contributed by atoms with Crippen LogP contribution in [0.5, 0.6) is 5.75 Å². The number of benzene rings is 1. The van der Waals surface area contributed by atoms with Crippen molar-refractivity contribution in [2.75, 3.05) is 19.8 Å². The summed E-state index contributed by atoms with van der Waals surface area (Å²) in [6.07, 6.45) is 1.72. The summed E-state index contributed by atoms with van der Waals surface area (Å²) in [7, 11) is 1.24. The normalized spacial score (nSPS) is 16.6. The average molecular weight is 335 g/mol. The predicted octanol–water partition coefficient (Wildman–Crippen LogP) is 2.12. The molecule has 1 heterocycles. The molecule has 1 aliphatic heterocycles. The van der Waals surface area contributed by atoms with E-state index in [9.17, 15) is 13.2 Å². The van der Waals surface area contributed by atoms with Crippen LogP contribution in [-0.2, 0) is 13.8 Å². The van der Waals surface area contributed by atoms with Crippen LogP contribution in [0.15, 0.2) is 23.1 Å². The van der Waals surface area contributed by atoms with Crippen molar-refractivity contribution in [2.24, 2.45) is 5.92 Å². The van der Waals surface area contributed by atoms with Crippen LogP contribution in [0.25, 0.3) is 0 Å². The molecular formula is C13H15ClO6S. The molecule has 1 aromatic carbocycles. The van der Waals surface area contributed by atoms with Gasteiger partial charge in [-0.1, -0.05) is 0 Å². The van der Waals surface area contributed by atoms with Crippen molar-refractivity contribution in [3.63, 3.8) is 0 Å². The smallest absolute Gasteiger partial charge is 0.339 e. The summed E-state index contributed by atoms with van der Waals surface area (Å²) in [5.74, 6) is -0.825. The summed E-state index contributed by atoms with van der Waals surface area (Å²) in [6, 6.07) is 3.55. The molecule has 0 unspecified atom stereocenters. The zero-order chi connectivity index (χ0) is 15.5. The minimum Gasteiger partial charge on any atom is -0.492 e. The van der Waals surface area contributed by atoms with Gasteiger partial charge in [0.25, 0.3) is 9.05 Å². The quantitative estimate of drug-likeness (QED) is 0.829. The topological polar surface area (TPSA) is 89.9 Å². The van der Waals surface area contributed by atoms with Gasteiger partial charge in [0.15, 0.2) is 0 Å². The molecule has 0 amide bonds. The molecule has 1 fully saturated rings. The van der Waals surface area contributed by atoms with Gasteiger partial charge in [-0.25, -0.2) is 13.2 Å². The van der Waals surface area contributed by atoms with Crippen LogP contribution < -0.4 is 4.74 Å². The molecular weight excluding hydrogens is 320 g/mol. The summed E-state index contributed by atoms with van der Waals surface area (Å²) in [6.45, 7) is 1.71. The molecule has 116 valence electrons. The first kappa shape index (κ1) is 16.1. The van der Waals surface area contributed by atoms with Crippen molar-refractivity contribution in [3.05, 3.63) is 23.8 Å². The van der Waals surface area contributed by atoms with Crippen LogP contribution >= 0.6 is 10.7 Å². The van der Waals surface area contributed by atoms with Crippen LogP contribution in [0.3, 0.4) is 0 Å². The van der Waals surface area contributed by atoms with E-state index in [4.69, 9.17) is 25.3 Å². The maximum Gasteiger partial charge on any atom is 0.339 e. The zero-order valence-corrected chi connectivity index (χ0v) is 12.7. The first-order valence-electron chi connectivity index (χ1n) is 6.40. The number of carbonyl (C=O) groups is 1. The molecule has 8 heteroatoms. The van der Waals surface area contributed by atoms with Gasteiger partial charge in [-0.3, -0.25) is 0 Å². The van der Waals surface area contributed by atoms with Gasteiger partial charge in [0, 0.05) is 23.9 Å². The fourth-order valence-corrected chi connectivity index (χ4v) is 2.85. The van der Waals surface area contributed by atoms with Crippen LogP contribution in [0.2, 0.25) is 0 Å². The third-order valence-corrected chi connectivity index (χ3v) is 4.63. The Bertz CT molecular complexity index is 622. The highest BCUT2D eigenvalue weighted by molar-refractivity contribution is 8.13. The molecule has 0 radical (unpaired) electrons. The van der Waals surface area contributed by atoms with Crippen molar-refractivity contribution >= 4 is 25.7 Å². The maximum atomic E-state index is 11.2. The maximum absolute atomic E-state index is 11.2. The van der Waals surface area contributed by atoms with Gasteiger partial charge in [0.1, 0.15) is 11.3 Å². The van der Waals surface area contributed by atoms with Gasteiger partial charge in [-0.05, 0) is 37.0 Å². The molecule has 0 saturated carbocycles. The Balaban J connectivity index is 2.16. The highest BCUT2D eigenvalue weighted by atomic mass is 35.7. The number of hydrogen-bond donors (Lipinski definition) is 1. The molecule has 1 aromatic rings. The van der Waals surface area contributed by atoms with Gasteiger partial charge in [0.2, 0.25) is 0 Å². The van der Waals surface area contributed by atoms with E-state index < -0.39 is 15.0 Å². The summed E-state index contributed by atoms with van der Waals surface area (Å²) >= 11 is 0. The lowest BCUT2D eigenvalue weighted by Crippen LogP contribution is -2.22. The molecule has 0 aliphatic carbocycles. The van der Waals surface area contributed by atoms with Gasteiger partial charge >= 0.3 is 5.97 Å². The van der Waals surface area contributed by atoms with Gasteiger partial charge in [0.05, 0.1) is 11.5 Å². The second kappa shape index (κ2) is 6.64. The van der Waals surface area contributed by atoms with Gasteiger partial charge in [-0.15, -0.1) is 0 Å².